The van der Waals surface area contributed by atoms with E-state index in [1.807, 2.05) is 37.3 Å². The molecule has 0 saturated heterocycles. The monoisotopic (exact) mass is 397 g/mol. The molecular formula is C21H23N3O3S. The molecule has 1 aromatic carbocycles. The second-order valence-electron chi connectivity index (χ2n) is 6.33. The first-order chi connectivity index (χ1) is 13.3. The summed E-state index contributed by atoms with van der Waals surface area (Å²) in [4.78, 5) is 30.4. The number of benzene rings is 1. The summed E-state index contributed by atoms with van der Waals surface area (Å²) in [6, 6.07) is 11.5. The molecule has 28 heavy (non-hydrogen) atoms. The molecule has 6 nitrogen and oxygen atoms in total. The number of esters is 1. The van der Waals surface area contributed by atoms with E-state index in [9.17, 15) is 14.9 Å². The van der Waals surface area contributed by atoms with Crippen LogP contribution in [0.5, 0.6) is 0 Å². The van der Waals surface area contributed by atoms with Gasteiger partial charge in [0.2, 0.25) is 5.91 Å². The van der Waals surface area contributed by atoms with E-state index in [0.717, 1.165) is 5.56 Å². The first kappa shape index (κ1) is 21.5. The molecule has 0 fully saturated rings. The number of thioether (sulfide) groups is 1. The summed E-state index contributed by atoms with van der Waals surface area (Å²) in [5, 5.41) is 9.82. The Morgan fingerprint density at radius 1 is 1.25 bits per heavy atom. The van der Waals surface area contributed by atoms with Crippen LogP contribution in [-0.4, -0.2) is 41.2 Å². The molecule has 0 aliphatic carbocycles. The fourth-order valence-electron chi connectivity index (χ4n) is 2.48. The van der Waals surface area contributed by atoms with Crippen molar-refractivity contribution in [1.29, 1.82) is 5.26 Å². The van der Waals surface area contributed by atoms with Crippen molar-refractivity contribution in [2.45, 2.75) is 32.3 Å². The lowest BCUT2D eigenvalue weighted by Crippen LogP contribution is -2.27. The molecule has 1 heterocycles. The molecule has 1 amide bonds. The number of aromatic nitrogens is 1. The van der Waals surface area contributed by atoms with E-state index >= 15 is 0 Å². The summed E-state index contributed by atoms with van der Waals surface area (Å²) >= 11 is 1.19. The third kappa shape index (κ3) is 5.57. The van der Waals surface area contributed by atoms with Crippen LogP contribution in [0.1, 0.15) is 39.7 Å². The molecule has 146 valence electrons. The first-order valence-corrected chi connectivity index (χ1v) is 9.85. The van der Waals surface area contributed by atoms with Gasteiger partial charge in [-0.25, -0.2) is 9.78 Å². The van der Waals surface area contributed by atoms with E-state index in [0.29, 0.717) is 17.3 Å². The van der Waals surface area contributed by atoms with Gasteiger partial charge in [0.05, 0.1) is 29.2 Å². The molecule has 0 saturated carbocycles. The van der Waals surface area contributed by atoms with Crippen LogP contribution in [-0.2, 0) is 16.1 Å². The Kier molecular flexibility index (Phi) is 7.59. The Balaban J connectivity index is 2.05. The molecule has 0 unspecified atom stereocenters. The highest BCUT2D eigenvalue weighted by atomic mass is 32.2. The van der Waals surface area contributed by atoms with Crippen molar-refractivity contribution < 1.29 is 14.3 Å². The van der Waals surface area contributed by atoms with Crippen molar-refractivity contribution in [2.75, 3.05) is 19.4 Å². The lowest BCUT2D eigenvalue weighted by molar-refractivity contribution is -0.127. The number of aryl methyl sites for hydroxylation is 2. The second-order valence-corrected chi connectivity index (χ2v) is 7.29. The molecule has 0 N–H and O–H groups in total. The summed E-state index contributed by atoms with van der Waals surface area (Å²) in [6.07, 6.45) is 0. The van der Waals surface area contributed by atoms with E-state index in [1.165, 1.54) is 23.4 Å². The van der Waals surface area contributed by atoms with Crippen LogP contribution in [0.3, 0.4) is 0 Å². The van der Waals surface area contributed by atoms with Crippen molar-refractivity contribution in [1.82, 2.24) is 9.88 Å². The Labute approximate surface area is 169 Å². The van der Waals surface area contributed by atoms with Crippen LogP contribution < -0.4 is 0 Å². The predicted octanol–water partition coefficient (Wildman–Crippen LogP) is 3.50. The van der Waals surface area contributed by atoms with E-state index in [2.05, 4.69) is 4.98 Å². The third-order valence-electron chi connectivity index (χ3n) is 4.09. The van der Waals surface area contributed by atoms with Crippen LogP contribution in [0.25, 0.3) is 0 Å². The number of hydrogen-bond donors (Lipinski definition) is 0. The zero-order valence-corrected chi connectivity index (χ0v) is 17.3. The Bertz CT molecular complexity index is 904. The number of nitriles is 1. The minimum absolute atomic E-state index is 0.0663. The lowest BCUT2D eigenvalue weighted by Gasteiger charge is -2.17. The molecular weight excluding hydrogens is 374 g/mol. The number of carbonyl (C=O) groups is 2. The molecule has 1 aromatic heterocycles. The van der Waals surface area contributed by atoms with Gasteiger partial charge in [-0.15, -0.1) is 0 Å². The van der Waals surface area contributed by atoms with Gasteiger partial charge in [0, 0.05) is 13.6 Å². The van der Waals surface area contributed by atoms with Gasteiger partial charge >= 0.3 is 5.97 Å². The first-order valence-electron chi connectivity index (χ1n) is 8.86. The zero-order chi connectivity index (χ0) is 20.7. The van der Waals surface area contributed by atoms with Gasteiger partial charge in [-0.3, -0.25) is 4.79 Å². The van der Waals surface area contributed by atoms with Crippen LogP contribution in [0.4, 0.5) is 0 Å². The van der Waals surface area contributed by atoms with Crippen LogP contribution in [0, 0.1) is 25.2 Å². The number of rotatable bonds is 7. The number of nitrogens with zero attached hydrogens (tertiary/aromatic N) is 3. The third-order valence-corrected chi connectivity index (χ3v) is 5.07. The average Bonchev–Trinajstić information content (AvgIpc) is 2.67. The average molecular weight is 398 g/mol. The maximum atomic E-state index is 12.5. The summed E-state index contributed by atoms with van der Waals surface area (Å²) in [6.45, 7) is 6.18. The Morgan fingerprint density at radius 3 is 2.54 bits per heavy atom. The molecule has 7 heteroatoms. The highest BCUT2D eigenvalue weighted by molar-refractivity contribution is 7.99. The van der Waals surface area contributed by atoms with Gasteiger partial charge < -0.3 is 9.64 Å². The normalized spacial score (nSPS) is 10.2. The highest BCUT2D eigenvalue weighted by Gasteiger charge is 2.18. The molecule has 0 spiro atoms. The maximum Gasteiger partial charge on any atom is 0.340 e. The van der Waals surface area contributed by atoms with Crippen molar-refractivity contribution in [3.63, 3.8) is 0 Å². The van der Waals surface area contributed by atoms with Gasteiger partial charge in [-0.2, -0.15) is 5.26 Å². The van der Waals surface area contributed by atoms with Crippen molar-refractivity contribution in [3.8, 4) is 6.07 Å². The summed E-state index contributed by atoms with van der Waals surface area (Å²) < 4.78 is 4.99. The fraction of sp³-hybridized carbons (Fsp3) is 0.333. The number of hydrogen-bond acceptors (Lipinski definition) is 6. The van der Waals surface area contributed by atoms with Crippen LogP contribution in [0.15, 0.2) is 35.4 Å². The molecule has 0 aliphatic rings. The lowest BCUT2D eigenvalue weighted by atomic mass is 10.1. The largest absolute Gasteiger partial charge is 0.462 e. The van der Waals surface area contributed by atoms with Gasteiger partial charge in [0.25, 0.3) is 0 Å². The van der Waals surface area contributed by atoms with Crippen LogP contribution >= 0.6 is 11.8 Å². The molecule has 2 rings (SSSR count). The summed E-state index contributed by atoms with van der Waals surface area (Å²) in [5.74, 6) is -0.416. The van der Waals surface area contributed by atoms with E-state index < -0.39 is 5.97 Å². The van der Waals surface area contributed by atoms with Gasteiger partial charge in [-0.1, -0.05) is 41.6 Å². The van der Waals surface area contributed by atoms with E-state index in [4.69, 9.17) is 4.74 Å². The fourth-order valence-corrected chi connectivity index (χ4v) is 3.43. The van der Waals surface area contributed by atoms with E-state index in [1.54, 1.807) is 25.8 Å². The second kappa shape index (κ2) is 9.90. The summed E-state index contributed by atoms with van der Waals surface area (Å²) in [7, 11) is 1.75. The topological polar surface area (TPSA) is 83.3 Å². The predicted molar refractivity (Wildman–Crippen MR) is 108 cm³/mol. The van der Waals surface area contributed by atoms with Gasteiger partial charge in [-0.05, 0) is 32.4 Å². The zero-order valence-electron chi connectivity index (χ0n) is 16.5. The van der Waals surface area contributed by atoms with Gasteiger partial charge in [0.15, 0.2) is 0 Å². The molecule has 0 radical (unpaired) electrons. The Morgan fingerprint density at radius 2 is 1.93 bits per heavy atom. The molecule has 2 aromatic rings. The number of ether oxygens (including phenoxy) is 1. The van der Waals surface area contributed by atoms with Crippen molar-refractivity contribution in [2.24, 2.45) is 0 Å². The number of amides is 1. The maximum absolute atomic E-state index is 12.5. The smallest absolute Gasteiger partial charge is 0.340 e. The van der Waals surface area contributed by atoms with Gasteiger partial charge in [0.1, 0.15) is 11.1 Å². The number of pyridine rings is 1. The molecule has 0 atom stereocenters. The number of carbonyl (C=O) groups excluding carboxylic acids is 2. The molecule has 0 aliphatic heterocycles. The molecule has 0 bridgehead atoms. The van der Waals surface area contributed by atoms with Crippen molar-refractivity contribution in [3.05, 3.63) is 58.3 Å². The SMILES string of the molecule is CCOC(=O)c1cc(C#N)c(SCC(=O)N(C)Cc2ccc(C)cc2)nc1C. The summed E-state index contributed by atoms with van der Waals surface area (Å²) in [5.41, 5.74) is 3.22. The standard InChI is InChI=1S/C21H23N3O3S/c1-5-27-21(26)18-10-17(11-22)20(23-15(18)3)28-13-19(25)24(4)12-16-8-6-14(2)7-9-16/h6-10H,5,12-13H2,1-4H3. The minimum atomic E-state index is -0.505. The highest BCUT2D eigenvalue weighted by Crippen LogP contribution is 2.24. The minimum Gasteiger partial charge on any atom is -0.462 e. The van der Waals surface area contributed by atoms with Crippen LogP contribution in [0.2, 0.25) is 0 Å². The quantitative estimate of drug-likeness (QED) is 0.525. The Hall–Kier alpha value is -2.85. The van der Waals surface area contributed by atoms with Crippen molar-refractivity contribution >= 4 is 23.6 Å². The van der Waals surface area contributed by atoms with E-state index in [-0.39, 0.29) is 29.4 Å².